The number of pyridine rings is 1. The number of likely N-dealkylation sites (tertiary alicyclic amines) is 1. The Kier molecular flexibility index (Phi) is 5.57. The lowest BCUT2D eigenvalue weighted by molar-refractivity contribution is -0.151. The highest BCUT2D eigenvalue weighted by Gasteiger charge is 2.50. The van der Waals surface area contributed by atoms with Crippen LogP contribution in [0.25, 0.3) is 0 Å². The summed E-state index contributed by atoms with van der Waals surface area (Å²) in [6.07, 6.45) is 5.75. The standard InChI is InChI=1S/C25H29FN4O2/c1-27-24-20(7-4-10-28-24)25(32)29-14-17-13-18(15-29)22(12-16-5-2-6-19(26)11-16)30-21(17)8-3-9-23(30)31/h2,4-7,10-11,17-18,21-22H,3,8-9,12-15H2,1H3,(H,27,28)/t17-,18+,21+,22+/m1/s1. The van der Waals surface area contributed by atoms with Crippen LogP contribution in [0.1, 0.15) is 41.6 Å². The molecule has 2 amide bonds. The van der Waals surface area contributed by atoms with Crippen LogP contribution in [-0.2, 0) is 11.2 Å². The summed E-state index contributed by atoms with van der Waals surface area (Å²) in [5, 5.41) is 3.02. The Morgan fingerprint density at radius 2 is 2.06 bits per heavy atom. The first-order chi connectivity index (χ1) is 15.5. The molecule has 3 aliphatic rings. The lowest BCUT2D eigenvalue weighted by Gasteiger charge is -2.56. The minimum absolute atomic E-state index is 0.0147. The molecule has 2 aromatic rings. The summed E-state index contributed by atoms with van der Waals surface area (Å²) >= 11 is 0. The van der Waals surface area contributed by atoms with Gasteiger partial charge in [-0.3, -0.25) is 9.59 Å². The minimum Gasteiger partial charge on any atom is -0.372 e. The summed E-state index contributed by atoms with van der Waals surface area (Å²) < 4.78 is 13.9. The van der Waals surface area contributed by atoms with E-state index in [4.69, 9.17) is 0 Å². The molecule has 5 rings (SSSR count). The van der Waals surface area contributed by atoms with Gasteiger partial charge in [-0.15, -0.1) is 0 Å². The number of fused-ring (bicyclic) bond motifs is 4. The minimum atomic E-state index is -0.255. The fraction of sp³-hybridized carbons (Fsp3) is 0.480. The molecule has 4 heterocycles. The number of nitrogens with zero attached hydrogens (tertiary/aromatic N) is 3. The fourth-order valence-corrected chi connectivity index (χ4v) is 6.06. The van der Waals surface area contributed by atoms with Crippen molar-refractivity contribution in [2.45, 2.75) is 44.2 Å². The molecule has 2 bridgehead atoms. The highest BCUT2D eigenvalue weighted by molar-refractivity contribution is 5.98. The second-order valence-corrected chi connectivity index (χ2v) is 9.28. The molecule has 0 radical (unpaired) electrons. The Balaban J connectivity index is 1.45. The van der Waals surface area contributed by atoms with E-state index in [-0.39, 0.29) is 41.6 Å². The van der Waals surface area contributed by atoms with Gasteiger partial charge in [-0.2, -0.15) is 0 Å². The average Bonchev–Trinajstić information content (AvgIpc) is 2.81. The van der Waals surface area contributed by atoms with E-state index in [2.05, 4.69) is 15.2 Å². The number of anilines is 1. The van der Waals surface area contributed by atoms with Gasteiger partial charge in [0.05, 0.1) is 5.56 Å². The molecule has 32 heavy (non-hydrogen) atoms. The van der Waals surface area contributed by atoms with E-state index in [1.54, 1.807) is 31.4 Å². The zero-order chi connectivity index (χ0) is 22.2. The van der Waals surface area contributed by atoms with Crippen LogP contribution in [-0.4, -0.2) is 58.8 Å². The highest BCUT2D eigenvalue weighted by atomic mass is 19.1. The summed E-state index contributed by atoms with van der Waals surface area (Å²) in [6.45, 7) is 1.26. The number of piperidine rings is 3. The molecule has 0 saturated carbocycles. The SMILES string of the molecule is CNc1ncccc1C(=O)N1C[C@H]2C[C@@H](C1)[C@H](Cc1cccc(F)c1)N1C(=O)CCC[C@@H]21. The molecule has 1 aromatic heterocycles. The molecule has 1 N–H and O–H groups in total. The number of amides is 2. The molecule has 0 unspecified atom stereocenters. The van der Waals surface area contributed by atoms with Crippen LogP contribution < -0.4 is 5.32 Å². The summed E-state index contributed by atoms with van der Waals surface area (Å²) in [5.41, 5.74) is 1.48. The molecule has 0 spiro atoms. The third kappa shape index (κ3) is 3.74. The largest absolute Gasteiger partial charge is 0.372 e. The maximum Gasteiger partial charge on any atom is 0.257 e. The van der Waals surface area contributed by atoms with Gasteiger partial charge in [-0.25, -0.2) is 9.37 Å². The smallest absolute Gasteiger partial charge is 0.257 e. The molecule has 3 saturated heterocycles. The lowest BCUT2D eigenvalue weighted by Crippen LogP contribution is -2.66. The van der Waals surface area contributed by atoms with Crippen molar-refractivity contribution in [1.29, 1.82) is 0 Å². The van der Waals surface area contributed by atoms with Crippen molar-refractivity contribution in [1.82, 2.24) is 14.8 Å². The second-order valence-electron chi connectivity index (χ2n) is 9.28. The number of hydrogen-bond acceptors (Lipinski definition) is 4. The molecule has 3 fully saturated rings. The predicted octanol–water partition coefficient (Wildman–Crippen LogP) is 3.35. The van der Waals surface area contributed by atoms with Crippen LogP contribution in [0, 0.1) is 17.7 Å². The van der Waals surface area contributed by atoms with Gasteiger partial charge >= 0.3 is 0 Å². The number of carbonyl (C=O) groups is 2. The number of aromatic nitrogens is 1. The maximum absolute atomic E-state index is 13.9. The van der Waals surface area contributed by atoms with Gasteiger partial charge in [0.25, 0.3) is 5.91 Å². The van der Waals surface area contributed by atoms with E-state index in [9.17, 15) is 14.0 Å². The highest BCUT2D eigenvalue weighted by Crippen LogP contribution is 2.43. The van der Waals surface area contributed by atoms with E-state index in [1.165, 1.54) is 6.07 Å². The molecule has 7 heteroatoms. The van der Waals surface area contributed by atoms with Crippen molar-refractivity contribution < 1.29 is 14.0 Å². The van der Waals surface area contributed by atoms with Gasteiger partial charge in [-0.1, -0.05) is 12.1 Å². The number of rotatable bonds is 4. The number of hydrogen-bond donors (Lipinski definition) is 1. The first-order valence-corrected chi connectivity index (χ1v) is 11.5. The summed E-state index contributed by atoms with van der Waals surface area (Å²) in [4.78, 5) is 34.8. The molecule has 4 atom stereocenters. The number of halogens is 1. The van der Waals surface area contributed by atoms with Crippen LogP contribution in [0.2, 0.25) is 0 Å². The zero-order valence-corrected chi connectivity index (χ0v) is 18.3. The van der Waals surface area contributed by atoms with Gasteiger partial charge in [0.15, 0.2) is 0 Å². The molecule has 1 aromatic carbocycles. The molecule has 6 nitrogen and oxygen atoms in total. The van der Waals surface area contributed by atoms with E-state index in [0.29, 0.717) is 37.3 Å². The molecule has 3 aliphatic heterocycles. The van der Waals surface area contributed by atoms with E-state index < -0.39 is 0 Å². The van der Waals surface area contributed by atoms with Gasteiger partial charge < -0.3 is 15.1 Å². The Labute approximate surface area is 187 Å². The van der Waals surface area contributed by atoms with Crippen LogP contribution >= 0.6 is 0 Å². The van der Waals surface area contributed by atoms with Crippen LogP contribution in [0.3, 0.4) is 0 Å². The van der Waals surface area contributed by atoms with Crippen molar-refractivity contribution in [2.75, 3.05) is 25.5 Å². The van der Waals surface area contributed by atoms with Crippen molar-refractivity contribution >= 4 is 17.6 Å². The quantitative estimate of drug-likeness (QED) is 0.798. The molecular formula is C25H29FN4O2. The van der Waals surface area contributed by atoms with Gasteiger partial charge in [-0.05, 0) is 67.3 Å². The average molecular weight is 437 g/mol. The number of carbonyl (C=O) groups excluding carboxylic acids is 2. The first kappa shape index (κ1) is 20.9. The summed E-state index contributed by atoms with van der Waals surface area (Å²) in [5.74, 6) is 0.974. The van der Waals surface area contributed by atoms with Crippen molar-refractivity contribution in [3.05, 3.63) is 59.5 Å². The second kappa shape index (κ2) is 8.52. The molecule has 168 valence electrons. The van der Waals surface area contributed by atoms with Gasteiger partial charge in [0.2, 0.25) is 5.91 Å². The van der Waals surface area contributed by atoms with Crippen LogP contribution in [0.15, 0.2) is 42.6 Å². The van der Waals surface area contributed by atoms with Crippen molar-refractivity contribution in [2.24, 2.45) is 11.8 Å². The van der Waals surface area contributed by atoms with E-state index in [1.807, 2.05) is 17.0 Å². The lowest BCUT2D eigenvalue weighted by atomic mass is 9.70. The monoisotopic (exact) mass is 436 g/mol. The first-order valence-electron chi connectivity index (χ1n) is 11.5. The van der Waals surface area contributed by atoms with Crippen LogP contribution in [0.4, 0.5) is 10.2 Å². The topological polar surface area (TPSA) is 65.5 Å². The normalized spacial score (nSPS) is 27.1. The summed E-state index contributed by atoms with van der Waals surface area (Å²) in [7, 11) is 1.77. The predicted molar refractivity (Wildman–Crippen MR) is 120 cm³/mol. The van der Waals surface area contributed by atoms with Crippen molar-refractivity contribution in [3.63, 3.8) is 0 Å². The van der Waals surface area contributed by atoms with Gasteiger partial charge in [0.1, 0.15) is 11.6 Å². The Morgan fingerprint density at radius 3 is 2.88 bits per heavy atom. The molecular weight excluding hydrogens is 407 g/mol. The molecule has 0 aliphatic carbocycles. The Bertz CT molecular complexity index is 1030. The number of nitrogens with one attached hydrogen (secondary N) is 1. The fourth-order valence-electron chi connectivity index (χ4n) is 6.06. The zero-order valence-electron chi connectivity index (χ0n) is 18.3. The summed E-state index contributed by atoms with van der Waals surface area (Å²) in [6, 6.07) is 10.4. The Hall–Kier alpha value is -2.96. The van der Waals surface area contributed by atoms with E-state index in [0.717, 1.165) is 24.8 Å². The third-order valence-corrected chi connectivity index (χ3v) is 7.39. The van der Waals surface area contributed by atoms with Gasteiger partial charge in [0, 0.05) is 44.8 Å². The van der Waals surface area contributed by atoms with E-state index >= 15 is 0 Å². The maximum atomic E-state index is 13.9. The number of benzene rings is 1. The Morgan fingerprint density at radius 1 is 1.22 bits per heavy atom. The third-order valence-electron chi connectivity index (χ3n) is 7.39. The van der Waals surface area contributed by atoms with Crippen LogP contribution in [0.5, 0.6) is 0 Å². The van der Waals surface area contributed by atoms with Crippen molar-refractivity contribution in [3.8, 4) is 0 Å².